The first-order valence-electron chi connectivity index (χ1n) is 9.13. The monoisotopic (exact) mass is 358 g/mol. The van der Waals surface area contributed by atoms with Crippen LogP contribution in [0, 0.1) is 20.8 Å². The molecule has 0 N–H and O–H groups in total. The van der Waals surface area contributed by atoms with Gasteiger partial charge in [-0.1, -0.05) is 42.0 Å². The van der Waals surface area contributed by atoms with E-state index in [0.717, 1.165) is 52.8 Å². The number of hydrogen-bond donors (Lipinski definition) is 0. The molecule has 0 amide bonds. The quantitative estimate of drug-likeness (QED) is 0.459. The molecule has 4 aromatic rings. The average Bonchev–Trinajstić information content (AvgIpc) is 3.26. The maximum absolute atomic E-state index is 6.06. The van der Waals surface area contributed by atoms with Crippen LogP contribution in [-0.2, 0) is 12.8 Å². The summed E-state index contributed by atoms with van der Waals surface area (Å²) in [5, 5.41) is 0. The molecule has 27 heavy (non-hydrogen) atoms. The number of rotatable bonds is 5. The lowest BCUT2D eigenvalue weighted by molar-refractivity contribution is 0.505. The van der Waals surface area contributed by atoms with Crippen molar-refractivity contribution in [2.45, 2.75) is 33.6 Å². The molecule has 0 bridgehead atoms. The predicted octanol–water partition coefficient (Wildman–Crippen LogP) is 5.71. The van der Waals surface area contributed by atoms with Crippen molar-refractivity contribution in [2.24, 2.45) is 0 Å². The molecule has 0 radical (unpaired) electrons. The van der Waals surface area contributed by atoms with E-state index < -0.39 is 0 Å². The van der Waals surface area contributed by atoms with Gasteiger partial charge in [-0.3, -0.25) is 0 Å². The molecule has 136 valence electrons. The second-order valence-corrected chi connectivity index (χ2v) is 6.86. The van der Waals surface area contributed by atoms with Crippen LogP contribution in [0.15, 0.2) is 63.8 Å². The summed E-state index contributed by atoms with van der Waals surface area (Å²) >= 11 is 0. The minimum atomic E-state index is 0.755. The van der Waals surface area contributed by atoms with Crippen LogP contribution in [0.2, 0.25) is 0 Å². The molecule has 4 heteroatoms. The van der Waals surface area contributed by atoms with Gasteiger partial charge >= 0.3 is 0 Å². The first-order chi connectivity index (χ1) is 13.1. The lowest BCUT2D eigenvalue weighted by atomic mass is 10.0. The zero-order valence-electron chi connectivity index (χ0n) is 15.8. The van der Waals surface area contributed by atoms with Crippen LogP contribution in [-0.4, -0.2) is 9.97 Å². The summed E-state index contributed by atoms with van der Waals surface area (Å²) in [6.45, 7) is 6.03. The minimum Gasteiger partial charge on any atom is -0.443 e. The first kappa shape index (κ1) is 17.3. The molecular weight excluding hydrogens is 336 g/mol. The van der Waals surface area contributed by atoms with Crippen molar-refractivity contribution in [2.75, 3.05) is 0 Å². The smallest absolute Gasteiger partial charge is 0.195 e. The van der Waals surface area contributed by atoms with Gasteiger partial charge in [0, 0.05) is 17.5 Å². The summed E-state index contributed by atoms with van der Waals surface area (Å²) < 4.78 is 11.6. The Morgan fingerprint density at radius 3 is 2.33 bits per heavy atom. The van der Waals surface area contributed by atoms with Gasteiger partial charge in [0.2, 0.25) is 0 Å². The van der Waals surface area contributed by atoms with Crippen LogP contribution in [0.4, 0.5) is 0 Å². The molecular formula is C23H22N2O2. The van der Waals surface area contributed by atoms with Crippen molar-refractivity contribution in [1.82, 2.24) is 9.97 Å². The van der Waals surface area contributed by atoms with Crippen molar-refractivity contribution in [3.05, 3.63) is 83.3 Å². The van der Waals surface area contributed by atoms with Gasteiger partial charge in [-0.05, 0) is 44.9 Å². The summed E-state index contributed by atoms with van der Waals surface area (Å²) in [4.78, 5) is 8.79. The Kier molecular flexibility index (Phi) is 4.63. The highest BCUT2D eigenvalue weighted by atomic mass is 16.4. The fourth-order valence-electron chi connectivity index (χ4n) is 3.31. The summed E-state index contributed by atoms with van der Waals surface area (Å²) in [6.07, 6.45) is 3.10. The molecule has 4 nitrogen and oxygen atoms in total. The maximum Gasteiger partial charge on any atom is 0.195 e. The highest BCUT2D eigenvalue weighted by Crippen LogP contribution is 2.27. The van der Waals surface area contributed by atoms with Gasteiger partial charge in [0.1, 0.15) is 0 Å². The summed E-state index contributed by atoms with van der Waals surface area (Å²) in [5.41, 5.74) is 6.39. The fraction of sp³-hybridized carbons (Fsp3) is 0.217. The van der Waals surface area contributed by atoms with Crippen LogP contribution >= 0.6 is 0 Å². The Balaban J connectivity index is 1.51. The first-order valence-corrected chi connectivity index (χ1v) is 9.13. The second-order valence-electron chi connectivity index (χ2n) is 6.86. The molecule has 2 heterocycles. The molecule has 0 spiro atoms. The lowest BCUT2D eigenvalue weighted by Gasteiger charge is -2.03. The minimum absolute atomic E-state index is 0.755. The van der Waals surface area contributed by atoms with Gasteiger partial charge in [-0.15, -0.1) is 0 Å². The molecule has 0 aliphatic heterocycles. The Morgan fingerprint density at radius 1 is 0.815 bits per heavy atom. The zero-order chi connectivity index (χ0) is 18.8. The Bertz CT molecular complexity index is 1080. The molecule has 0 aliphatic rings. The zero-order valence-corrected chi connectivity index (χ0v) is 15.8. The van der Waals surface area contributed by atoms with Crippen LogP contribution in [0.25, 0.3) is 22.6 Å². The molecule has 0 saturated heterocycles. The van der Waals surface area contributed by atoms with Gasteiger partial charge in [0.05, 0.1) is 11.4 Å². The third kappa shape index (κ3) is 3.70. The van der Waals surface area contributed by atoms with E-state index in [1.807, 2.05) is 32.0 Å². The Hall–Kier alpha value is -3.14. The molecule has 0 saturated carbocycles. The number of hydrogen-bond acceptors (Lipinski definition) is 4. The topological polar surface area (TPSA) is 52.1 Å². The molecule has 4 rings (SSSR count). The van der Waals surface area contributed by atoms with Crippen molar-refractivity contribution >= 4 is 0 Å². The summed E-state index contributed by atoms with van der Waals surface area (Å²) in [7, 11) is 0. The number of aromatic nitrogens is 2. The van der Waals surface area contributed by atoms with E-state index >= 15 is 0 Å². The summed E-state index contributed by atoms with van der Waals surface area (Å²) in [6, 6.07) is 16.7. The van der Waals surface area contributed by atoms with E-state index in [1.165, 1.54) is 17.5 Å². The number of oxazole rings is 2. The van der Waals surface area contributed by atoms with Crippen molar-refractivity contribution in [3.63, 3.8) is 0 Å². The lowest BCUT2D eigenvalue weighted by Crippen LogP contribution is -1.92. The number of aryl methyl sites for hydroxylation is 5. The molecule has 2 aromatic carbocycles. The van der Waals surface area contributed by atoms with E-state index in [-0.39, 0.29) is 0 Å². The van der Waals surface area contributed by atoms with Gasteiger partial charge in [0.15, 0.2) is 23.8 Å². The SMILES string of the molecule is Cc1cccc(-c2oc(CCc3cccc(-c4ocnc4C)c3)nc2C)c1. The number of nitrogens with zero attached hydrogens (tertiary/aromatic N) is 2. The van der Waals surface area contributed by atoms with Crippen LogP contribution < -0.4 is 0 Å². The standard InChI is InChI=1S/C23H22N2O2/c1-15-6-4-8-19(12-15)23-17(3)25-21(27-23)11-10-18-7-5-9-20(13-18)22-16(2)24-14-26-22/h4-9,12-14H,10-11H2,1-3H3. The molecule has 0 atom stereocenters. The largest absolute Gasteiger partial charge is 0.443 e. The molecule has 0 aliphatic carbocycles. The molecule has 2 aromatic heterocycles. The van der Waals surface area contributed by atoms with Gasteiger partial charge in [-0.25, -0.2) is 9.97 Å². The highest BCUT2D eigenvalue weighted by Gasteiger charge is 2.13. The second kappa shape index (κ2) is 7.23. The highest BCUT2D eigenvalue weighted by molar-refractivity contribution is 5.61. The fourth-order valence-corrected chi connectivity index (χ4v) is 3.31. The van der Waals surface area contributed by atoms with Gasteiger partial charge in [0.25, 0.3) is 0 Å². The van der Waals surface area contributed by atoms with Crippen molar-refractivity contribution < 1.29 is 8.83 Å². The van der Waals surface area contributed by atoms with E-state index in [2.05, 4.69) is 47.2 Å². The number of benzene rings is 2. The average molecular weight is 358 g/mol. The Morgan fingerprint density at radius 2 is 1.59 bits per heavy atom. The maximum atomic E-state index is 6.06. The normalized spacial score (nSPS) is 11.1. The Labute approximate surface area is 158 Å². The van der Waals surface area contributed by atoms with E-state index in [0.29, 0.717) is 0 Å². The van der Waals surface area contributed by atoms with Crippen LogP contribution in [0.3, 0.4) is 0 Å². The molecule has 0 unspecified atom stereocenters. The van der Waals surface area contributed by atoms with Crippen LogP contribution in [0.5, 0.6) is 0 Å². The van der Waals surface area contributed by atoms with Crippen LogP contribution in [0.1, 0.15) is 28.4 Å². The van der Waals surface area contributed by atoms with E-state index in [4.69, 9.17) is 8.83 Å². The van der Waals surface area contributed by atoms with Gasteiger partial charge < -0.3 is 8.83 Å². The third-order valence-electron chi connectivity index (χ3n) is 4.68. The summed E-state index contributed by atoms with van der Waals surface area (Å²) in [5.74, 6) is 2.45. The van der Waals surface area contributed by atoms with Crippen molar-refractivity contribution in [3.8, 4) is 22.6 Å². The van der Waals surface area contributed by atoms with Crippen molar-refractivity contribution in [1.29, 1.82) is 0 Å². The third-order valence-corrected chi connectivity index (χ3v) is 4.68. The van der Waals surface area contributed by atoms with Gasteiger partial charge in [-0.2, -0.15) is 0 Å². The van der Waals surface area contributed by atoms with E-state index in [9.17, 15) is 0 Å². The predicted molar refractivity (Wildman–Crippen MR) is 105 cm³/mol. The molecule has 0 fully saturated rings. The van der Waals surface area contributed by atoms with E-state index in [1.54, 1.807) is 0 Å².